The molecule has 1 N–H and O–H groups in total. The fraction of sp³-hybridized carbons (Fsp3) is 0.500. The number of nitrogens with zero attached hydrogens (tertiary/aromatic N) is 1. The first-order valence-electron chi connectivity index (χ1n) is 5.60. The molecule has 1 aromatic rings. The zero-order valence-electron chi connectivity index (χ0n) is 9.33. The van der Waals surface area contributed by atoms with Crippen LogP contribution in [0.25, 0.3) is 0 Å². The van der Waals surface area contributed by atoms with E-state index in [2.05, 4.69) is 27.3 Å². The highest BCUT2D eigenvalue weighted by molar-refractivity contribution is 9.11. The smallest absolute Gasteiger partial charge is 0.240 e. The number of carbonyl (C=O) groups excluding carboxylic acids is 1. The molecule has 0 spiro atoms. The Bertz CT molecular complexity index is 457. The highest BCUT2D eigenvalue weighted by Gasteiger charge is 2.41. The number of amides is 1. The summed E-state index contributed by atoms with van der Waals surface area (Å²) in [5, 5.41) is 12.0. The molecule has 0 bridgehead atoms. The molecule has 0 atom stereocenters. The lowest BCUT2D eigenvalue weighted by molar-refractivity contribution is -0.128. The molecule has 5 heteroatoms. The van der Waals surface area contributed by atoms with Crippen LogP contribution in [0.2, 0.25) is 0 Å². The van der Waals surface area contributed by atoms with Crippen LogP contribution in [0.5, 0.6) is 0 Å². The second-order valence-corrected chi connectivity index (χ2v) is 6.84. The van der Waals surface area contributed by atoms with Gasteiger partial charge in [-0.05, 0) is 40.9 Å². The molecule has 90 valence electrons. The third-order valence-electron chi connectivity index (χ3n) is 3.16. The Morgan fingerprint density at radius 3 is 2.76 bits per heavy atom. The lowest BCUT2D eigenvalue weighted by atomic mass is 9.87. The maximum atomic E-state index is 12.0. The molecule has 0 radical (unpaired) electrons. The Morgan fingerprint density at radius 2 is 2.24 bits per heavy atom. The van der Waals surface area contributed by atoms with E-state index in [0.717, 1.165) is 21.5 Å². The largest absolute Gasteiger partial charge is 0.350 e. The zero-order valence-corrected chi connectivity index (χ0v) is 11.7. The van der Waals surface area contributed by atoms with Crippen molar-refractivity contribution >= 4 is 33.2 Å². The average Bonchev–Trinajstić information content (AvgIpc) is 2.95. The van der Waals surface area contributed by atoms with Gasteiger partial charge < -0.3 is 5.32 Å². The standard InChI is InChI=1S/C12H13BrN2OS/c13-10-4-3-9(17-10)7-15-11(16)12(8-14)5-1-2-6-12/h3-4H,1-2,5-7H2,(H,15,16). The molecule has 0 unspecified atom stereocenters. The van der Waals surface area contributed by atoms with Crippen LogP contribution in [-0.2, 0) is 11.3 Å². The second-order valence-electron chi connectivity index (χ2n) is 4.29. The number of rotatable bonds is 3. The van der Waals surface area contributed by atoms with Gasteiger partial charge in [0, 0.05) is 4.88 Å². The molecule has 0 saturated heterocycles. The van der Waals surface area contributed by atoms with Gasteiger partial charge in [-0.25, -0.2) is 0 Å². The average molecular weight is 313 g/mol. The molecule has 1 heterocycles. The second kappa shape index (κ2) is 5.19. The Morgan fingerprint density at radius 1 is 1.53 bits per heavy atom. The fourth-order valence-corrected chi connectivity index (χ4v) is 3.57. The third kappa shape index (κ3) is 2.70. The number of halogens is 1. The Labute approximate surface area is 113 Å². The highest BCUT2D eigenvalue weighted by atomic mass is 79.9. The van der Waals surface area contributed by atoms with E-state index in [4.69, 9.17) is 0 Å². The van der Waals surface area contributed by atoms with E-state index in [1.807, 2.05) is 12.1 Å². The number of thiophene rings is 1. The maximum Gasteiger partial charge on any atom is 0.240 e. The first-order valence-corrected chi connectivity index (χ1v) is 7.21. The summed E-state index contributed by atoms with van der Waals surface area (Å²) in [6.45, 7) is 0.512. The molecule has 0 aromatic carbocycles. The van der Waals surface area contributed by atoms with Crippen molar-refractivity contribution in [3.8, 4) is 6.07 Å². The van der Waals surface area contributed by atoms with E-state index < -0.39 is 5.41 Å². The van der Waals surface area contributed by atoms with Gasteiger partial charge in [-0.1, -0.05) is 12.8 Å². The predicted octanol–water partition coefficient (Wildman–Crippen LogP) is 3.21. The first-order chi connectivity index (χ1) is 8.16. The summed E-state index contributed by atoms with van der Waals surface area (Å²) in [7, 11) is 0. The van der Waals surface area contributed by atoms with Gasteiger partial charge in [0.25, 0.3) is 0 Å². The molecule has 1 aliphatic carbocycles. The topological polar surface area (TPSA) is 52.9 Å². The SMILES string of the molecule is N#CC1(C(=O)NCc2ccc(Br)s2)CCCC1. The summed E-state index contributed by atoms with van der Waals surface area (Å²) in [5.74, 6) is -0.109. The van der Waals surface area contributed by atoms with Crippen LogP contribution in [0.4, 0.5) is 0 Å². The van der Waals surface area contributed by atoms with Crippen molar-refractivity contribution in [1.29, 1.82) is 5.26 Å². The molecule has 1 aromatic heterocycles. The van der Waals surface area contributed by atoms with E-state index in [-0.39, 0.29) is 5.91 Å². The quantitative estimate of drug-likeness (QED) is 0.931. The number of nitrogens with one attached hydrogen (secondary N) is 1. The van der Waals surface area contributed by atoms with Crippen molar-refractivity contribution in [1.82, 2.24) is 5.32 Å². The maximum absolute atomic E-state index is 12.0. The molecule has 17 heavy (non-hydrogen) atoms. The molecule has 3 nitrogen and oxygen atoms in total. The van der Waals surface area contributed by atoms with Crippen molar-refractivity contribution < 1.29 is 4.79 Å². The van der Waals surface area contributed by atoms with Gasteiger partial charge in [0.2, 0.25) is 5.91 Å². The Hall–Kier alpha value is -0.860. The van der Waals surface area contributed by atoms with Crippen LogP contribution in [-0.4, -0.2) is 5.91 Å². The van der Waals surface area contributed by atoms with Gasteiger partial charge in [-0.3, -0.25) is 4.79 Å². The first kappa shape index (κ1) is 12.6. The molecule has 1 aliphatic rings. The number of nitriles is 1. The summed E-state index contributed by atoms with van der Waals surface area (Å²) < 4.78 is 1.05. The number of hydrogen-bond acceptors (Lipinski definition) is 3. The molecule has 0 aliphatic heterocycles. The molecular formula is C12H13BrN2OS. The summed E-state index contributed by atoms with van der Waals surface area (Å²) in [6, 6.07) is 6.14. The van der Waals surface area contributed by atoms with E-state index in [0.29, 0.717) is 19.4 Å². The van der Waals surface area contributed by atoms with Crippen LogP contribution >= 0.6 is 27.3 Å². The van der Waals surface area contributed by atoms with Gasteiger partial charge in [-0.2, -0.15) is 5.26 Å². The molecule has 1 amide bonds. The van der Waals surface area contributed by atoms with E-state index >= 15 is 0 Å². The van der Waals surface area contributed by atoms with Crippen molar-refractivity contribution in [3.63, 3.8) is 0 Å². The van der Waals surface area contributed by atoms with Gasteiger partial charge in [0.05, 0.1) is 16.4 Å². The minimum absolute atomic E-state index is 0.109. The molecule has 1 fully saturated rings. The van der Waals surface area contributed by atoms with E-state index in [1.165, 1.54) is 0 Å². The van der Waals surface area contributed by atoms with Crippen molar-refractivity contribution in [2.45, 2.75) is 32.2 Å². The highest BCUT2D eigenvalue weighted by Crippen LogP contribution is 2.37. The lowest BCUT2D eigenvalue weighted by Crippen LogP contribution is -2.37. The molecular weight excluding hydrogens is 300 g/mol. The Kier molecular flexibility index (Phi) is 3.85. The number of hydrogen-bond donors (Lipinski definition) is 1. The summed E-state index contributed by atoms with van der Waals surface area (Å²) in [4.78, 5) is 13.1. The Balaban J connectivity index is 1.95. The van der Waals surface area contributed by atoms with Crippen molar-refractivity contribution in [2.24, 2.45) is 5.41 Å². The minimum Gasteiger partial charge on any atom is -0.350 e. The van der Waals surface area contributed by atoms with Crippen LogP contribution in [0, 0.1) is 16.7 Å². The minimum atomic E-state index is -0.769. The monoisotopic (exact) mass is 312 g/mol. The summed E-state index contributed by atoms with van der Waals surface area (Å²) >= 11 is 4.98. The molecule has 2 rings (SSSR count). The summed E-state index contributed by atoms with van der Waals surface area (Å²) in [5.41, 5.74) is -0.769. The van der Waals surface area contributed by atoms with Crippen LogP contribution in [0.3, 0.4) is 0 Å². The van der Waals surface area contributed by atoms with Crippen LogP contribution in [0.15, 0.2) is 15.9 Å². The third-order valence-corrected chi connectivity index (χ3v) is 4.78. The fourth-order valence-electron chi connectivity index (χ4n) is 2.15. The van der Waals surface area contributed by atoms with E-state index in [9.17, 15) is 10.1 Å². The van der Waals surface area contributed by atoms with E-state index in [1.54, 1.807) is 11.3 Å². The lowest BCUT2D eigenvalue weighted by Gasteiger charge is -2.18. The van der Waals surface area contributed by atoms with Gasteiger partial charge in [0.15, 0.2) is 0 Å². The predicted molar refractivity (Wildman–Crippen MR) is 70.4 cm³/mol. The van der Waals surface area contributed by atoms with Gasteiger partial charge >= 0.3 is 0 Å². The zero-order chi connectivity index (χ0) is 12.3. The molecule has 1 saturated carbocycles. The van der Waals surface area contributed by atoms with Crippen molar-refractivity contribution in [2.75, 3.05) is 0 Å². The van der Waals surface area contributed by atoms with Crippen LogP contribution in [0.1, 0.15) is 30.6 Å². The summed E-state index contributed by atoms with van der Waals surface area (Å²) in [6.07, 6.45) is 3.35. The van der Waals surface area contributed by atoms with Crippen molar-refractivity contribution in [3.05, 3.63) is 20.8 Å². The van der Waals surface area contributed by atoms with Gasteiger partial charge in [0.1, 0.15) is 5.41 Å². The van der Waals surface area contributed by atoms with Crippen LogP contribution < -0.4 is 5.32 Å². The normalized spacial score (nSPS) is 17.6. The number of carbonyl (C=O) groups is 1. The van der Waals surface area contributed by atoms with Gasteiger partial charge in [-0.15, -0.1) is 11.3 Å².